The number of allylic oxidation sites excluding steroid dienone is 1. The van der Waals surface area contributed by atoms with Gasteiger partial charge in [0.2, 0.25) is 0 Å². The molecule has 0 unspecified atom stereocenters. The van der Waals surface area contributed by atoms with E-state index < -0.39 is 4.92 Å². The summed E-state index contributed by atoms with van der Waals surface area (Å²) in [6.07, 6.45) is 3.17. The van der Waals surface area contributed by atoms with E-state index in [4.69, 9.17) is 14.9 Å². The van der Waals surface area contributed by atoms with Gasteiger partial charge in [0.05, 0.1) is 10.6 Å². The fraction of sp³-hybridized carbons (Fsp3) is 0. The summed E-state index contributed by atoms with van der Waals surface area (Å²) < 4.78 is 7.59. The second kappa shape index (κ2) is 8.19. The van der Waals surface area contributed by atoms with E-state index in [0.29, 0.717) is 28.3 Å². The summed E-state index contributed by atoms with van der Waals surface area (Å²) in [7, 11) is 0. The van der Waals surface area contributed by atoms with Crippen molar-refractivity contribution in [1.29, 1.82) is 10.5 Å². The van der Waals surface area contributed by atoms with Crippen LogP contribution in [0.2, 0.25) is 0 Å². The highest BCUT2D eigenvalue weighted by molar-refractivity contribution is 5.74. The largest absolute Gasteiger partial charge is 0.454 e. The first-order valence-corrected chi connectivity index (χ1v) is 9.11. The first-order valence-electron chi connectivity index (χ1n) is 9.11. The van der Waals surface area contributed by atoms with Crippen LogP contribution in [0.3, 0.4) is 0 Å². The zero-order valence-corrected chi connectivity index (χ0v) is 16.0. The lowest BCUT2D eigenvalue weighted by molar-refractivity contribution is -0.384. The molecule has 0 amide bonds. The van der Waals surface area contributed by atoms with E-state index in [9.17, 15) is 10.1 Å². The van der Waals surface area contributed by atoms with E-state index in [1.165, 1.54) is 18.2 Å². The number of furan rings is 1. The van der Waals surface area contributed by atoms with Crippen molar-refractivity contribution in [2.75, 3.05) is 0 Å². The Kier molecular flexibility index (Phi) is 5.12. The molecule has 0 saturated carbocycles. The molecular weight excluding hydrogens is 394 g/mol. The van der Waals surface area contributed by atoms with E-state index in [1.807, 2.05) is 42.5 Å². The van der Waals surface area contributed by atoms with Crippen molar-refractivity contribution in [1.82, 2.24) is 9.78 Å². The standard InChI is InChI=1S/C23H13N5O3/c24-13-16(14-25)12-18-15-27(19-4-2-1-3-5-19)26-23(18)22-11-10-21(31-22)17-6-8-20(9-7-17)28(29)30/h1-12,15H. The molecule has 0 fully saturated rings. The number of nitrogens with zero attached hydrogens (tertiary/aromatic N) is 5. The Hall–Kier alpha value is -4.95. The predicted octanol–water partition coefficient (Wildman–Crippen LogP) is 5.14. The molecule has 8 nitrogen and oxygen atoms in total. The van der Waals surface area contributed by atoms with Crippen LogP contribution in [0, 0.1) is 32.8 Å². The van der Waals surface area contributed by atoms with Gasteiger partial charge >= 0.3 is 0 Å². The average molecular weight is 407 g/mol. The molecule has 0 spiro atoms. The van der Waals surface area contributed by atoms with E-state index in [2.05, 4.69) is 5.10 Å². The van der Waals surface area contributed by atoms with E-state index >= 15 is 0 Å². The Labute approximate surface area is 176 Å². The SMILES string of the molecule is N#CC(C#N)=Cc1cn(-c2ccccc2)nc1-c1ccc(-c2ccc([N+](=O)[O-])cc2)o1. The molecule has 0 radical (unpaired) electrons. The molecule has 4 rings (SSSR count). The van der Waals surface area contributed by atoms with E-state index in [0.717, 1.165) is 5.69 Å². The molecular formula is C23H13N5O3. The summed E-state index contributed by atoms with van der Waals surface area (Å²) in [6, 6.07) is 22.6. The number of aromatic nitrogens is 2. The number of hydrogen-bond donors (Lipinski definition) is 0. The number of para-hydroxylation sites is 1. The van der Waals surface area contributed by atoms with Crippen LogP contribution in [0.4, 0.5) is 5.69 Å². The zero-order valence-electron chi connectivity index (χ0n) is 16.0. The summed E-state index contributed by atoms with van der Waals surface area (Å²) >= 11 is 0. The number of rotatable bonds is 5. The topological polar surface area (TPSA) is 122 Å². The first-order chi connectivity index (χ1) is 15.1. The molecule has 2 aromatic carbocycles. The van der Waals surface area contributed by atoms with Crippen LogP contribution in [0.1, 0.15) is 5.56 Å². The van der Waals surface area contributed by atoms with Crippen LogP contribution >= 0.6 is 0 Å². The number of benzene rings is 2. The molecule has 0 saturated heterocycles. The third-order valence-corrected chi connectivity index (χ3v) is 4.51. The van der Waals surface area contributed by atoms with Gasteiger partial charge in [0, 0.05) is 29.5 Å². The molecule has 0 N–H and O–H groups in total. The third-order valence-electron chi connectivity index (χ3n) is 4.51. The highest BCUT2D eigenvalue weighted by atomic mass is 16.6. The van der Waals surface area contributed by atoms with Gasteiger partial charge in [0.15, 0.2) is 5.76 Å². The van der Waals surface area contributed by atoms with Crippen LogP contribution in [0.25, 0.3) is 34.5 Å². The van der Waals surface area contributed by atoms with Crippen LogP contribution in [0.5, 0.6) is 0 Å². The van der Waals surface area contributed by atoms with Gasteiger partial charge in [-0.3, -0.25) is 10.1 Å². The molecule has 0 aliphatic carbocycles. The lowest BCUT2D eigenvalue weighted by atomic mass is 10.1. The lowest BCUT2D eigenvalue weighted by Crippen LogP contribution is -1.93. The number of nitriles is 2. The molecule has 31 heavy (non-hydrogen) atoms. The molecule has 4 aromatic rings. The molecule has 0 aliphatic rings. The van der Waals surface area contributed by atoms with Crippen LogP contribution in [0.15, 0.2) is 82.9 Å². The highest BCUT2D eigenvalue weighted by Gasteiger charge is 2.16. The molecule has 2 aromatic heterocycles. The Morgan fingerprint density at radius 2 is 1.68 bits per heavy atom. The van der Waals surface area contributed by atoms with Crippen molar-refractivity contribution in [3.8, 4) is 40.6 Å². The minimum Gasteiger partial charge on any atom is -0.454 e. The van der Waals surface area contributed by atoms with Crippen LogP contribution in [-0.4, -0.2) is 14.7 Å². The first kappa shape index (κ1) is 19.4. The van der Waals surface area contributed by atoms with Gasteiger partial charge in [-0.15, -0.1) is 0 Å². The van der Waals surface area contributed by atoms with Gasteiger partial charge in [0.25, 0.3) is 5.69 Å². The van der Waals surface area contributed by atoms with Crippen molar-refractivity contribution in [2.24, 2.45) is 0 Å². The van der Waals surface area contributed by atoms with E-state index in [1.54, 1.807) is 35.1 Å². The number of non-ortho nitro benzene ring substituents is 1. The molecule has 8 heteroatoms. The molecule has 0 aliphatic heterocycles. The Morgan fingerprint density at radius 1 is 1.00 bits per heavy atom. The van der Waals surface area contributed by atoms with Gasteiger partial charge in [-0.05, 0) is 42.5 Å². The van der Waals surface area contributed by atoms with Gasteiger partial charge in [0.1, 0.15) is 29.2 Å². The van der Waals surface area contributed by atoms with Crippen molar-refractivity contribution in [3.63, 3.8) is 0 Å². The number of nitro groups is 1. The molecule has 148 valence electrons. The quantitative estimate of drug-likeness (QED) is 0.256. The van der Waals surface area contributed by atoms with Gasteiger partial charge in [-0.2, -0.15) is 15.6 Å². The second-order valence-electron chi connectivity index (χ2n) is 6.46. The molecule has 0 atom stereocenters. The fourth-order valence-corrected chi connectivity index (χ4v) is 3.01. The maximum atomic E-state index is 10.9. The van der Waals surface area contributed by atoms with Crippen molar-refractivity contribution in [2.45, 2.75) is 0 Å². The van der Waals surface area contributed by atoms with E-state index in [-0.39, 0.29) is 11.3 Å². The Balaban J connectivity index is 1.78. The van der Waals surface area contributed by atoms with Crippen LogP contribution < -0.4 is 0 Å². The summed E-state index contributed by atoms with van der Waals surface area (Å²) in [5.41, 5.74) is 2.42. The lowest BCUT2D eigenvalue weighted by Gasteiger charge is -1.99. The van der Waals surface area contributed by atoms with Gasteiger partial charge < -0.3 is 4.42 Å². The Morgan fingerprint density at radius 3 is 2.32 bits per heavy atom. The summed E-state index contributed by atoms with van der Waals surface area (Å²) in [5.74, 6) is 0.944. The van der Waals surface area contributed by atoms with Gasteiger partial charge in [-0.1, -0.05) is 18.2 Å². The van der Waals surface area contributed by atoms with Crippen molar-refractivity contribution in [3.05, 3.63) is 94.2 Å². The van der Waals surface area contributed by atoms with Crippen molar-refractivity contribution < 1.29 is 9.34 Å². The maximum absolute atomic E-state index is 10.9. The predicted molar refractivity (Wildman–Crippen MR) is 113 cm³/mol. The average Bonchev–Trinajstić information content (AvgIpc) is 3.45. The number of nitro benzene ring substituents is 1. The zero-order chi connectivity index (χ0) is 21.8. The summed E-state index contributed by atoms with van der Waals surface area (Å²) in [5, 5.41) is 33.7. The maximum Gasteiger partial charge on any atom is 0.269 e. The summed E-state index contributed by atoms with van der Waals surface area (Å²) in [6.45, 7) is 0. The number of hydrogen-bond acceptors (Lipinski definition) is 6. The normalized spacial score (nSPS) is 10.1. The Bertz CT molecular complexity index is 1350. The highest BCUT2D eigenvalue weighted by Crippen LogP contribution is 2.32. The minimum absolute atomic E-state index is 0.00917. The fourth-order valence-electron chi connectivity index (χ4n) is 3.01. The smallest absolute Gasteiger partial charge is 0.269 e. The summed E-state index contributed by atoms with van der Waals surface area (Å²) in [4.78, 5) is 10.4. The monoisotopic (exact) mass is 407 g/mol. The van der Waals surface area contributed by atoms with Crippen molar-refractivity contribution >= 4 is 11.8 Å². The third kappa shape index (κ3) is 3.95. The second-order valence-corrected chi connectivity index (χ2v) is 6.46. The van der Waals surface area contributed by atoms with Crippen LogP contribution in [-0.2, 0) is 0 Å². The minimum atomic E-state index is -0.464. The molecule has 2 heterocycles. The van der Waals surface area contributed by atoms with Gasteiger partial charge in [-0.25, -0.2) is 4.68 Å². The molecule has 0 bridgehead atoms.